The Hall–Kier alpha value is -2.63. The lowest BCUT2D eigenvalue weighted by atomic mass is 10.1. The molecule has 0 aliphatic heterocycles. The largest absolute Gasteiger partial charge is 0.385 e. The van der Waals surface area contributed by atoms with Gasteiger partial charge in [-0.1, -0.05) is 77.1 Å². The predicted octanol–water partition coefficient (Wildman–Crippen LogP) is 4.76. The molecule has 3 aromatic carbocycles. The summed E-state index contributed by atoms with van der Waals surface area (Å²) in [4.78, 5) is 1.07. The molecule has 2 atom stereocenters. The molecule has 0 fully saturated rings. The van der Waals surface area contributed by atoms with Crippen LogP contribution in [0.3, 0.4) is 0 Å². The zero-order valence-corrected chi connectivity index (χ0v) is 15.2. The first-order valence-electron chi connectivity index (χ1n) is 8.48. The Balaban J connectivity index is 1.77. The number of nitrogens with zero attached hydrogens (tertiary/aromatic N) is 3. The quantitative estimate of drug-likeness (QED) is 0.521. The van der Waals surface area contributed by atoms with Crippen LogP contribution in [0.25, 0.3) is 11.0 Å². The molecule has 0 aliphatic carbocycles. The SMILES string of the molecule is Cc1ccc(C(O)C(Sc2ccccc2)n2nnc3ccccc32)cc1. The smallest absolute Gasteiger partial charge is 0.134 e. The summed E-state index contributed by atoms with van der Waals surface area (Å²) in [6, 6.07) is 25.9. The van der Waals surface area contributed by atoms with Crippen molar-refractivity contribution in [3.8, 4) is 0 Å². The van der Waals surface area contributed by atoms with Crippen LogP contribution in [0.15, 0.2) is 83.8 Å². The van der Waals surface area contributed by atoms with Gasteiger partial charge in [0, 0.05) is 4.90 Å². The third-order valence-electron chi connectivity index (χ3n) is 4.31. The first kappa shape index (κ1) is 16.8. The average molecular weight is 361 g/mol. The molecule has 2 unspecified atom stereocenters. The molecule has 0 bridgehead atoms. The van der Waals surface area contributed by atoms with Gasteiger partial charge in [0.25, 0.3) is 0 Å². The second-order valence-electron chi connectivity index (χ2n) is 6.20. The van der Waals surface area contributed by atoms with E-state index in [1.807, 2.05) is 90.5 Å². The van der Waals surface area contributed by atoms with Crippen LogP contribution in [0.5, 0.6) is 0 Å². The summed E-state index contributed by atoms with van der Waals surface area (Å²) in [7, 11) is 0. The Morgan fingerprint density at radius 2 is 1.58 bits per heavy atom. The molecule has 0 radical (unpaired) electrons. The standard InChI is InChI=1S/C21H19N3OS/c1-15-11-13-16(14-12-15)20(25)21(26-17-7-3-2-4-8-17)24-19-10-6-5-9-18(19)22-23-24/h2-14,20-21,25H,1H3. The molecule has 1 N–H and O–H groups in total. The topological polar surface area (TPSA) is 50.9 Å². The van der Waals surface area contributed by atoms with Gasteiger partial charge in [-0.3, -0.25) is 0 Å². The number of rotatable bonds is 5. The highest BCUT2D eigenvalue weighted by atomic mass is 32.2. The van der Waals surface area contributed by atoms with Crippen LogP contribution < -0.4 is 0 Å². The van der Waals surface area contributed by atoms with Gasteiger partial charge in [0.2, 0.25) is 0 Å². The van der Waals surface area contributed by atoms with Gasteiger partial charge in [0.15, 0.2) is 0 Å². The summed E-state index contributed by atoms with van der Waals surface area (Å²) in [6.07, 6.45) is -0.717. The lowest BCUT2D eigenvalue weighted by Gasteiger charge is -2.23. The number of thioether (sulfide) groups is 1. The number of aliphatic hydroxyl groups is 1. The van der Waals surface area contributed by atoms with Gasteiger partial charge in [0.05, 0.1) is 5.52 Å². The second kappa shape index (κ2) is 7.32. The van der Waals surface area contributed by atoms with Crippen molar-refractivity contribution in [2.24, 2.45) is 0 Å². The van der Waals surface area contributed by atoms with E-state index < -0.39 is 6.10 Å². The minimum atomic E-state index is -0.717. The van der Waals surface area contributed by atoms with Crippen molar-refractivity contribution in [3.63, 3.8) is 0 Å². The molecule has 0 spiro atoms. The Labute approximate surface area is 156 Å². The minimum Gasteiger partial charge on any atom is -0.385 e. The van der Waals surface area contributed by atoms with E-state index in [1.165, 1.54) is 5.56 Å². The molecule has 0 saturated carbocycles. The molecular weight excluding hydrogens is 342 g/mol. The number of para-hydroxylation sites is 1. The number of hydrogen-bond acceptors (Lipinski definition) is 4. The van der Waals surface area contributed by atoms with Gasteiger partial charge in [-0.15, -0.1) is 5.10 Å². The van der Waals surface area contributed by atoms with E-state index in [4.69, 9.17) is 0 Å². The first-order valence-corrected chi connectivity index (χ1v) is 9.36. The summed E-state index contributed by atoms with van der Waals surface area (Å²) in [5, 5.41) is 19.4. The molecular formula is C21H19N3OS. The highest BCUT2D eigenvalue weighted by Gasteiger charge is 2.26. The van der Waals surface area contributed by atoms with Gasteiger partial charge < -0.3 is 5.11 Å². The molecule has 0 saturated heterocycles. The third-order valence-corrected chi connectivity index (χ3v) is 5.55. The normalized spacial score (nSPS) is 13.6. The molecule has 1 heterocycles. The Bertz CT molecular complexity index is 999. The van der Waals surface area contributed by atoms with Crippen molar-refractivity contribution in [3.05, 3.63) is 90.0 Å². The summed E-state index contributed by atoms with van der Waals surface area (Å²) in [6.45, 7) is 2.04. The predicted molar refractivity (Wildman–Crippen MR) is 105 cm³/mol. The van der Waals surface area contributed by atoms with Crippen LogP contribution in [-0.2, 0) is 0 Å². The maximum absolute atomic E-state index is 11.2. The Kier molecular flexibility index (Phi) is 4.73. The minimum absolute atomic E-state index is 0.326. The van der Waals surface area contributed by atoms with Gasteiger partial charge in [-0.05, 0) is 36.8 Å². The molecule has 26 heavy (non-hydrogen) atoms. The fraction of sp³-hybridized carbons (Fsp3) is 0.143. The molecule has 0 amide bonds. The number of fused-ring (bicyclic) bond motifs is 1. The van der Waals surface area contributed by atoms with Crippen LogP contribution in [-0.4, -0.2) is 20.1 Å². The molecule has 130 valence electrons. The van der Waals surface area contributed by atoms with E-state index in [0.29, 0.717) is 0 Å². The van der Waals surface area contributed by atoms with Gasteiger partial charge >= 0.3 is 0 Å². The van der Waals surface area contributed by atoms with Gasteiger partial charge in [0.1, 0.15) is 17.0 Å². The fourth-order valence-corrected chi connectivity index (χ4v) is 4.02. The van der Waals surface area contributed by atoms with Crippen molar-refractivity contribution >= 4 is 22.8 Å². The Morgan fingerprint density at radius 3 is 2.35 bits per heavy atom. The van der Waals surface area contributed by atoms with Crippen LogP contribution in [0, 0.1) is 6.92 Å². The van der Waals surface area contributed by atoms with Gasteiger partial charge in [-0.2, -0.15) is 0 Å². The van der Waals surface area contributed by atoms with E-state index in [9.17, 15) is 5.11 Å². The molecule has 4 nitrogen and oxygen atoms in total. The number of aryl methyl sites for hydroxylation is 1. The van der Waals surface area contributed by atoms with Crippen molar-refractivity contribution in [1.29, 1.82) is 0 Å². The average Bonchev–Trinajstić information content (AvgIpc) is 3.11. The highest BCUT2D eigenvalue weighted by molar-refractivity contribution is 7.99. The van der Waals surface area contributed by atoms with Crippen LogP contribution in [0.4, 0.5) is 0 Å². The second-order valence-corrected chi connectivity index (χ2v) is 7.39. The van der Waals surface area contributed by atoms with E-state index in [1.54, 1.807) is 11.8 Å². The summed E-state index contributed by atoms with van der Waals surface area (Å²) in [5.74, 6) is 0. The molecule has 4 aromatic rings. The monoisotopic (exact) mass is 361 g/mol. The third kappa shape index (κ3) is 3.36. The molecule has 4 rings (SSSR count). The number of aromatic nitrogens is 3. The van der Waals surface area contributed by atoms with Gasteiger partial charge in [-0.25, -0.2) is 4.68 Å². The number of aliphatic hydroxyl groups excluding tert-OH is 1. The summed E-state index contributed by atoms with van der Waals surface area (Å²) >= 11 is 1.58. The van der Waals surface area contributed by atoms with Crippen molar-refractivity contribution in [2.45, 2.75) is 23.3 Å². The van der Waals surface area contributed by atoms with Crippen molar-refractivity contribution in [2.75, 3.05) is 0 Å². The molecule has 5 heteroatoms. The van der Waals surface area contributed by atoms with Crippen LogP contribution in [0.1, 0.15) is 22.6 Å². The lowest BCUT2D eigenvalue weighted by Crippen LogP contribution is -2.16. The van der Waals surface area contributed by atoms with E-state index in [2.05, 4.69) is 10.3 Å². The zero-order chi connectivity index (χ0) is 17.9. The lowest BCUT2D eigenvalue weighted by molar-refractivity contribution is 0.147. The van der Waals surface area contributed by atoms with Crippen LogP contribution >= 0.6 is 11.8 Å². The summed E-state index contributed by atoms with van der Waals surface area (Å²) in [5.41, 5.74) is 3.76. The number of hydrogen-bond donors (Lipinski definition) is 1. The highest BCUT2D eigenvalue weighted by Crippen LogP contribution is 2.41. The van der Waals surface area contributed by atoms with Crippen LogP contribution in [0.2, 0.25) is 0 Å². The molecule has 0 aliphatic rings. The van der Waals surface area contributed by atoms with E-state index in [-0.39, 0.29) is 5.37 Å². The summed E-state index contributed by atoms with van der Waals surface area (Å²) < 4.78 is 1.82. The zero-order valence-electron chi connectivity index (χ0n) is 14.4. The van der Waals surface area contributed by atoms with Crippen molar-refractivity contribution < 1.29 is 5.11 Å². The van der Waals surface area contributed by atoms with E-state index in [0.717, 1.165) is 21.5 Å². The maximum Gasteiger partial charge on any atom is 0.134 e. The Morgan fingerprint density at radius 1 is 0.885 bits per heavy atom. The van der Waals surface area contributed by atoms with Crippen molar-refractivity contribution in [1.82, 2.24) is 15.0 Å². The molecule has 1 aromatic heterocycles. The van der Waals surface area contributed by atoms with E-state index >= 15 is 0 Å². The first-order chi connectivity index (χ1) is 12.7. The maximum atomic E-state index is 11.2. The number of benzene rings is 3. The fourth-order valence-electron chi connectivity index (χ4n) is 2.89.